The van der Waals surface area contributed by atoms with Crippen LogP contribution in [-0.4, -0.2) is 6.10 Å². The zero-order valence-electron chi connectivity index (χ0n) is 6.75. The summed E-state index contributed by atoms with van der Waals surface area (Å²) in [6.45, 7) is 2.02. The predicted molar refractivity (Wildman–Crippen MR) is 44.4 cm³/mol. The van der Waals surface area contributed by atoms with Crippen molar-refractivity contribution < 1.29 is 25.2 Å². The Morgan fingerprint density at radius 2 is 2.33 bits per heavy atom. The minimum Gasteiger partial charge on any atom is -0.531 e. The molecule has 1 atom stereocenters. The zero-order chi connectivity index (χ0) is 7.68. The Balaban J connectivity index is 0.000000720. The van der Waals surface area contributed by atoms with E-state index >= 15 is 0 Å². The molecule has 1 aromatic rings. The van der Waals surface area contributed by atoms with Crippen LogP contribution in [0.25, 0.3) is 6.08 Å². The minimum absolute atomic E-state index is 0. The van der Waals surface area contributed by atoms with Crippen molar-refractivity contribution in [3.8, 4) is 5.75 Å². The molecule has 1 heterocycles. The first-order valence-electron chi connectivity index (χ1n) is 3.72. The van der Waals surface area contributed by atoms with Crippen LogP contribution in [0.1, 0.15) is 12.5 Å². The Hall–Kier alpha value is -0.578. The summed E-state index contributed by atoms with van der Waals surface area (Å²) in [5, 5.41) is 0. The van der Waals surface area contributed by atoms with Crippen LogP contribution >= 0.6 is 0 Å². The number of benzene rings is 1. The second-order valence-electron chi connectivity index (χ2n) is 2.63. The largest absolute Gasteiger partial charge is 0.531 e. The summed E-state index contributed by atoms with van der Waals surface area (Å²) in [7, 11) is 0. The topological polar surface area (TPSA) is 9.23 Å². The molecule has 1 aliphatic heterocycles. The monoisotopic (exact) mass is 332 g/mol. The second-order valence-corrected chi connectivity index (χ2v) is 2.63. The second kappa shape index (κ2) is 3.89. The van der Waals surface area contributed by atoms with Gasteiger partial charge in [-0.1, -0.05) is 6.08 Å². The van der Waals surface area contributed by atoms with Crippen molar-refractivity contribution in [1.82, 2.24) is 0 Å². The van der Waals surface area contributed by atoms with Gasteiger partial charge in [0.25, 0.3) is 0 Å². The van der Waals surface area contributed by atoms with Crippen molar-refractivity contribution >= 4 is 6.08 Å². The van der Waals surface area contributed by atoms with Crippen LogP contribution in [-0.2, 0) is 20.4 Å². The van der Waals surface area contributed by atoms with Crippen molar-refractivity contribution in [3.05, 3.63) is 35.9 Å². The van der Waals surface area contributed by atoms with E-state index < -0.39 is 0 Å². The van der Waals surface area contributed by atoms with E-state index in [4.69, 9.17) is 4.74 Å². The molecule has 2 heteroatoms. The van der Waals surface area contributed by atoms with Gasteiger partial charge in [0, 0.05) is 26.2 Å². The SMILES string of the molecule is CC1C=Cc2[c-]cccc2O1.[Re]. The van der Waals surface area contributed by atoms with Gasteiger partial charge in [-0.2, -0.15) is 0 Å². The molecule has 1 aliphatic rings. The van der Waals surface area contributed by atoms with Gasteiger partial charge < -0.3 is 4.74 Å². The van der Waals surface area contributed by atoms with Gasteiger partial charge in [-0.25, -0.2) is 0 Å². The molecule has 0 aromatic heterocycles. The number of fused-ring (bicyclic) bond motifs is 1. The quantitative estimate of drug-likeness (QED) is 0.663. The smallest absolute Gasteiger partial charge is 0.0936 e. The molecule has 1 nitrogen and oxygen atoms in total. The van der Waals surface area contributed by atoms with Crippen LogP contribution in [0.15, 0.2) is 24.3 Å². The Kier molecular flexibility index (Phi) is 3.08. The standard InChI is InChI=1S/C10H9O.Re/c1-8-6-7-9-4-2-3-5-10(9)11-8;/h2-3,5-8H,1H3;/q-1;. The maximum atomic E-state index is 5.51. The van der Waals surface area contributed by atoms with Gasteiger partial charge in [-0.3, -0.25) is 0 Å². The van der Waals surface area contributed by atoms with Crippen LogP contribution in [0.3, 0.4) is 0 Å². The van der Waals surface area contributed by atoms with Gasteiger partial charge in [0.2, 0.25) is 0 Å². The average molecular weight is 331 g/mol. The molecule has 2 rings (SSSR count). The summed E-state index contributed by atoms with van der Waals surface area (Å²) < 4.78 is 5.51. The van der Waals surface area contributed by atoms with E-state index in [1.807, 2.05) is 37.3 Å². The van der Waals surface area contributed by atoms with E-state index in [1.54, 1.807) is 0 Å². The number of rotatable bonds is 0. The van der Waals surface area contributed by atoms with Gasteiger partial charge in [0.05, 0.1) is 6.10 Å². The molecule has 0 spiro atoms. The average Bonchev–Trinajstić information content (AvgIpc) is 2.04. The predicted octanol–water partition coefficient (Wildman–Crippen LogP) is 2.28. The molecule has 0 saturated carbocycles. The first-order valence-corrected chi connectivity index (χ1v) is 3.72. The van der Waals surface area contributed by atoms with Gasteiger partial charge in [0.15, 0.2) is 0 Å². The normalized spacial score (nSPS) is 18.9. The third-order valence-electron chi connectivity index (χ3n) is 1.69. The van der Waals surface area contributed by atoms with Crippen LogP contribution in [0.2, 0.25) is 0 Å². The zero-order valence-corrected chi connectivity index (χ0v) is 9.47. The summed E-state index contributed by atoms with van der Waals surface area (Å²) in [6, 6.07) is 8.89. The summed E-state index contributed by atoms with van der Waals surface area (Å²) in [5.74, 6) is 0.933. The van der Waals surface area contributed by atoms with Crippen molar-refractivity contribution in [2.75, 3.05) is 0 Å². The molecule has 0 saturated heterocycles. The minimum atomic E-state index is 0. The van der Waals surface area contributed by atoms with Crippen LogP contribution in [0, 0.1) is 6.07 Å². The van der Waals surface area contributed by atoms with Crippen LogP contribution in [0.4, 0.5) is 0 Å². The summed E-state index contributed by atoms with van der Waals surface area (Å²) in [6.07, 6.45) is 4.26. The molecule has 1 aromatic carbocycles. The Morgan fingerprint density at radius 1 is 1.50 bits per heavy atom. The van der Waals surface area contributed by atoms with Gasteiger partial charge >= 0.3 is 0 Å². The Labute approximate surface area is 86.1 Å². The fourth-order valence-corrected chi connectivity index (χ4v) is 1.14. The summed E-state index contributed by atoms with van der Waals surface area (Å²) in [5.41, 5.74) is 1.05. The fraction of sp³-hybridized carbons (Fsp3) is 0.200. The molecular weight excluding hydrogens is 322 g/mol. The Bertz CT molecular complexity index is 294. The van der Waals surface area contributed by atoms with E-state index in [0.29, 0.717) is 0 Å². The van der Waals surface area contributed by atoms with Crippen LogP contribution < -0.4 is 4.74 Å². The summed E-state index contributed by atoms with van der Waals surface area (Å²) in [4.78, 5) is 0. The van der Waals surface area contributed by atoms with E-state index in [2.05, 4.69) is 6.07 Å². The molecule has 0 fully saturated rings. The van der Waals surface area contributed by atoms with Crippen molar-refractivity contribution in [3.63, 3.8) is 0 Å². The maximum absolute atomic E-state index is 5.51. The molecule has 0 bridgehead atoms. The van der Waals surface area contributed by atoms with Crippen LogP contribution in [0.5, 0.6) is 5.75 Å². The van der Waals surface area contributed by atoms with Crippen molar-refractivity contribution in [2.24, 2.45) is 0 Å². The fourth-order valence-electron chi connectivity index (χ4n) is 1.14. The molecule has 63 valence electrons. The van der Waals surface area contributed by atoms with Gasteiger partial charge in [0.1, 0.15) is 0 Å². The maximum Gasteiger partial charge on any atom is 0.0936 e. The van der Waals surface area contributed by atoms with Crippen molar-refractivity contribution in [2.45, 2.75) is 13.0 Å². The first-order chi connectivity index (χ1) is 5.36. The third-order valence-corrected chi connectivity index (χ3v) is 1.69. The Morgan fingerprint density at radius 3 is 3.17 bits per heavy atom. The molecule has 12 heavy (non-hydrogen) atoms. The molecule has 1 radical (unpaired) electrons. The third kappa shape index (κ3) is 1.77. The van der Waals surface area contributed by atoms with Gasteiger partial charge in [-0.15, -0.1) is 35.9 Å². The molecular formula is C10H9ORe-. The summed E-state index contributed by atoms with van der Waals surface area (Å²) >= 11 is 0. The first kappa shape index (κ1) is 9.51. The molecule has 1 unspecified atom stereocenters. The number of ether oxygens (including phenoxy) is 1. The van der Waals surface area contributed by atoms with E-state index in [1.165, 1.54) is 0 Å². The van der Waals surface area contributed by atoms with E-state index in [0.717, 1.165) is 11.3 Å². The molecule has 0 aliphatic carbocycles. The molecule has 0 N–H and O–H groups in total. The molecule has 0 amide bonds. The van der Waals surface area contributed by atoms with Crippen molar-refractivity contribution in [1.29, 1.82) is 0 Å². The van der Waals surface area contributed by atoms with Gasteiger partial charge in [-0.05, 0) is 6.92 Å². The van der Waals surface area contributed by atoms with E-state index in [-0.39, 0.29) is 26.5 Å². The number of hydrogen-bond acceptors (Lipinski definition) is 1. The van der Waals surface area contributed by atoms with E-state index in [9.17, 15) is 0 Å². The number of hydrogen-bond donors (Lipinski definition) is 0.